The normalized spacial score (nSPS) is 29.8. The Kier molecular flexibility index (Phi) is 2.49. The van der Waals surface area contributed by atoms with Gasteiger partial charge in [0.15, 0.2) is 11.8 Å². The molecule has 0 aliphatic carbocycles. The largest absolute Gasteiger partial charge is 0.504 e. The lowest BCUT2D eigenvalue weighted by Gasteiger charge is -2.20. The van der Waals surface area contributed by atoms with E-state index in [1.54, 1.807) is 0 Å². The van der Waals surface area contributed by atoms with E-state index in [1.165, 1.54) is 6.08 Å². The minimum atomic E-state index is -1.14. The molecule has 1 rings (SSSR count). The standard InChI is InChI=1S/C6H7BrN2O3/c7-3-1-2(10)5(11)4(9-3)6(8)12/h1,3-4,9-10H,(H2,8,12). The van der Waals surface area contributed by atoms with E-state index in [4.69, 9.17) is 10.8 Å². The first kappa shape index (κ1) is 9.21. The molecule has 1 amide bonds. The quantitative estimate of drug-likeness (QED) is 0.314. The maximum atomic E-state index is 11.0. The third kappa shape index (κ3) is 1.64. The van der Waals surface area contributed by atoms with E-state index in [9.17, 15) is 9.59 Å². The molecule has 2 unspecified atom stereocenters. The number of aliphatic hydroxyl groups excluding tert-OH is 1. The van der Waals surface area contributed by atoms with Crippen LogP contribution in [0.3, 0.4) is 0 Å². The van der Waals surface area contributed by atoms with Gasteiger partial charge in [0.2, 0.25) is 11.7 Å². The average Bonchev–Trinajstić information content (AvgIpc) is 1.96. The van der Waals surface area contributed by atoms with Crippen LogP contribution in [0.5, 0.6) is 0 Å². The minimum absolute atomic E-state index is 0.410. The van der Waals surface area contributed by atoms with Crippen molar-refractivity contribution in [2.24, 2.45) is 5.73 Å². The third-order valence-corrected chi connectivity index (χ3v) is 1.96. The molecule has 66 valence electrons. The van der Waals surface area contributed by atoms with Crippen LogP contribution in [-0.4, -0.2) is 27.8 Å². The number of Topliss-reactive ketones (excluding diaryl/α,β-unsaturated/α-hetero) is 1. The molecule has 0 aromatic rings. The van der Waals surface area contributed by atoms with Crippen LogP contribution in [0.4, 0.5) is 0 Å². The first-order valence-corrected chi connectivity index (χ1v) is 4.08. The summed E-state index contributed by atoms with van der Waals surface area (Å²) in [5, 5.41) is 11.6. The minimum Gasteiger partial charge on any atom is -0.504 e. The molecule has 12 heavy (non-hydrogen) atoms. The van der Waals surface area contributed by atoms with E-state index in [1.807, 2.05) is 0 Å². The number of nitrogens with one attached hydrogen (secondary N) is 1. The molecule has 0 aromatic carbocycles. The van der Waals surface area contributed by atoms with Gasteiger partial charge < -0.3 is 10.8 Å². The number of hydrogen-bond donors (Lipinski definition) is 3. The van der Waals surface area contributed by atoms with Crippen molar-refractivity contribution in [1.82, 2.24) is 5.32 Å². The summed E-state index contributed by atoms with van der Waals surface area (Å²) in [6, 6.07) is -1.14. The van der Waals surface area contributed by atoms with Gasteiger partial charge in [-0.2, -0.15) is 0 Å². The van der Waals surface area contributed by atoms with Crippen molar-refractivity contribution in [2.75, 3.05) is 0 Å². The lowest BCUT2D eigenvalue weighted by atomic mass is 10.1. The van der Waals surface area contributed by atoms with Crippen LogP contribution in [0.2, 0.25) is 0 Å². The van der Waals surface area contributed by atoms with Crippen molar-refractivity contribution in [2.45, 2.75) is 11.0 Å². The van der Waals surface area contributed by atoms with Crippen LogP contribution in [0, 0.1) is 0 Å². The second kappa shape index (κ2) is 3.24. The second-order valence-corrected chi connectivity index (χ2v) is 3.31. The van der Waals surface area contributed by atoms with Gasteiger partial charge in [-0.15, -0.1) is 0 Å². The van der Waals surface area contributed by atoms with Gasteiger partial charge in [0.25, 0.3) is 0 Å². The zero-order valence-electron chi connectivity index (χ0n) is 5.95. The Morgan fingerprint density at radius 3 is 2.83 bits per heavy atom. The van der Waals surface area contributed by atoms with Gasteiger partial charge in [-0.3, -0.25) is 14.9 Å². The number of halogens is 1. The third-order valence-electron chi connectivity index (χ3n) is 1.43. The first-order chi connectivity index (χ1) is 5.52. The van der Waals surface area contributed by atoms with Crippen LogP contribution < -0.4 is 11.1 Å². The summed E-state index contributed by atoms with van der Waals surface area (Å²) in [5.74, 6) is -1.94. The molecule has 1 heterocycles. The number of aliphatic hydroxyl groups is 1. The maximum absolute atomic E-state index is 11.0. The Morgan fingerprint density at radius 1 is 1.75 bits per heavy atom. The molecule has 0 radical (unpaired) electrons. The smallest absolute Gasteiger partial charge is 0.242 e. The summed E-state index contributed by atoms with van der Waals surface area (Å²) >= 11 is 3.06. The Balaban J connectivity index is 2.89. The Bertz CT molecular complexity index is 264. The van der Waals surface area contributed by atoms with Crippen LogP contribution in [0.15, 0.2) is 11.8 Å². The Labute approximate surface area is 76.7 Å². The van der Waals surface area contributed by atoms with Gasteiger partial charge in [-0.25, -0.2) is 0 Å². The summed E-state index contributed by atoms with van der Waals surface area (Å²) in [7, 11) is 0. The molecule has 0 bridgehead atoms. The van der Waals surface area contributed by atoms with Crippen molar-refractivity contribution in [3.63, 3.8) is 0 Å². The zero-order chi connectivity index (χ0) is 9.30. The molecule has 4 N–H and O–H groups in total. The second-order valence-electron chi connectivity index (χ2n) is 2.32. The number of carbonyl (C=O) groups is 2. The fourth-order valence-corrected chi connectivity index (χ4v) is 1.38. The molecule has 0 saturated heterocycles. The predicted molar refractivity (Wildman–Crippen MR) is 44.6 cm³/mol. The van der Waals surface area contributed by atoms with Gasteiger partial charge in [-0.05, 0) is 6.08 Å². The lowest BCUT2D eigenvalue weighted by molar-refractivity contribution is -0.129. The summed E-state index contributed by atoms with van der Waals surface area (Å²) < 4.78 is 0. The highest BCUT2D eigenvalue weighted by molar-refractivity contribution is 9.09. The van der Waals surface area contributed by atoms with Crippen molar-refractivity contribution in [3.8, 4) is 0 Å². The van der Waals surface area contributed by atoms with E-state index in [0.29, 0.717) is 0 Å². The number of alkyl halides is 1. The molecule has 0 saturated carbocycles. The van der Waals surface area contributed by atoms with E-state index in [0.717, 1.165) is 0 Å². The van der Waals surface area contributed by atoms with E-state index < -0.39 is 28.4 Å². The van der Waals surface area contributed by atoms with Crippen molar-refractivity contribution in [1.29, 1.82) is 0 Å². The molecule has 6 heteroatoms. The van der Waals surface area contributed by atoms with Gasteiger partial charge >= 0.3 is 0 Å². The van der Waals surface area contributed by atoms with Crippen LogP contribution in [0.25, 0.3) is 0 Å². The maximum Gasteiger partial charge on any atom is 0.242 e. The number of amides is 1. The molecule has 0 aromatic heterocycles. The molecular weight excluding hydrogens is 228 g/mol. The van der Waals surface area contributed by atoms with Crippen molar-refractivity contribution < 1.29 is 14.7 Å². The van der Waals surface area contributed by atoms with Crippen molar-refractivity contribution in [3.05, 3.63) is 11.8 Å². The Morgan fingerprint density at radius 2 is 2.33 bits per heavy atom. The molecule has 1 aliphatic heterocycles. The molecule has 0 spiro atoms. The summed E-state index contributed by atoms with van der Waals surface area (Å²) in [5.41, 5.74) is 4.90. The molecule has 5 nitrogen and oxygen atoms in total. The fraction of sp³-hybridized carbons (Fsp3) is 0.333. The van der Waals surface area contributed by atoms with E-state index >= 15 is 0 Å². The highest BCUT2D eigenvalue weighted by Crippen LogP contribution is 2.11. The fourth-order valence-electron chi connectivity index (χ4n) is 0.863. The molecule has 1 aliphatic rings. The number of nitrogens with two attached hydrogens (primary N) is 1. The first-order valence-electron chi connectivity index (χ1n) is 3.17. The predicted octanol–water partition coefficient (Wildman–Crippen LogP) is -0.824. The molecule has 2 atom stereocenters. The number of carbonyl (C=O) groups excluding carboxylic acids is 2. The van der Waals surface area contributed by atoms with E-state index in [-0.39, 0.29) is 0 Å². The van der Waals surface area contributed by atoms with E-state index in [2.05, 4.69) is 21.2 Å². The number of ketones is 1. The monoisotopic (exact) mass is 234 g/mol. The summed E-state index contributed by atoms with van der Waals surface area (Å²) in [4.78, 5) is 21.2. The van der Waals surface area contributed by atoms with Crippen LogP contribution in [-0.2, 0) is 9.59 Å². The van der Waals surface area contributed by atoms with Crippen LogP contribution in [0.1, 0.15) is 0 Å². The topological polar surface area (TPSA) is 92.4 Å². The highest BCUT2D eigenvalue weighted by Gasteiger charge is 2.32. The molecule has 0 fully saturated rings. The van der Waals surface area contributed by atoms with Crippen molar-refractivity contribution >= 4 is 27.6 Å². The number of hydrogen-bond acceptors (Lipinski definition) is 4. The molecular formula is C6H7BrN2O3. The zero-order valence-corrected chi connectivity index (χ0v) is 7.54. The lowest BCUT2D eigenvalue weighted by Crippen LogP contribution is -2.52. The summed E-state index contributed by atoms with van der Waals surface area (Å²) in [6.45, 7) is 0. The van der Waals surface area contributed by atoms with Gasteiger partial charge in [0.05, 0.1) is 4.95 Å². The van der Waals surface area contributed by atoms with Crippen LogP contribution >= 0.6 is 15.9 Å². The number of rotatable bonds is 1. The van der Waals surface area contributed by atoms with Gasteiger partial charge in [-0.1, -0.05) is 15.9 Å². The van der Waals surface area contributed by atoms with Gasteiger partial charge in [0, 0.05) is 0 Å². The highest BCUT2D eigenvalue weighted by atomic mass is 79.9. The SMILES string of the molecule is NC(=O)C1NC(Br)C=C(O)C1=O. The Hall–Kier alpha value is -0.880. The average molecular weight is 235 g/mol. The van der Waals surface area contributed by atoms with Gasteiger partial charge in [0.1, 0.15) is 0 Å². The number of primary amides is 1. The summed E-state index contributed by atoms with van der Waals surface area (Å²) in [6.07, 6.45) is 1.25.